The number of para-hydroxylation sites is 1. The van der Waals surface area contributed by atoms with Crippen LogP contribution in [0.15, 0.2) is 71.8 Å². The fraction of sp³-hybridized carbons (Fsp3) is 0.130. The van der Waals surface area contributed by atoms with Gasteiger partial charge in [0, 0.05) is 13.1 Å². The molecule has 3 amide bonds. The Bertz CT molecular complexity index is 1180. The third-order valence-corrected chi connectivity index (χ3v) is 5.64. The van der Waals surface area contributed by atoms with Gasteiger partial charge in [0.15, 0.2) is 11.4 Å². The summed E-state index contributed by atoms with van der Waals surface area (Å²) in [5.41, 5.74) is 1.75. The van der Waals surface area contributed by atoms with E-state index >= 15 is 0 Å². The lowest BCUT2D eigenvalue weighted by Gasteiger charge is -2.12. The van der Waals surface area contributed by atoms with Crippen molar-refractivity contribution in [2.24, 2.45) is 0 Å². The van der Waals surface area contributed by atoms with E-state index in [1.807, 2.05) is 60.7 Å². The number of carbonyl (C=O) groups excluding carboxylic acids is 3. The van der Waals surface area contributed by atoms with E-state index in [0.29, 0.717) is 10.7 Å². The fourth-order valence-corrected chi connectivity index (χ4v) is 4.00. The number of aromatic nitrogens is 2. The first-order valence-corrected chi connectivity index (χ1v) is 10.7. The highest BCUT2D eigenvalue weighted by atomic mass is 32.2. The topological polar surface area (TPSA) is 93.5 Å². The first-order valence-electron chi connectivity index (χ1n) is 9.84. The van der Waals surface area contributed by atoms with Gasteiger partial charge in [0.05, 0.1) is 23.9 Å². The van der Waals surface area contributed by atoms with Gasteiger partial charge in [-0.25, -0.2) is 4.68 Å². The number of methoxy groups -OCH3 is 1. The van der Waals surface area contributed by atoms with Crippen LogP contribution in [0, 0.1) is 0 Å². The molecule has 0 atom stereocenters. The lowest BCUT2D eigenvalue weighted by Crippen LogP contribution is -2.37. The number of amides is 3. The summed E-state index contributed by atoms with van der Waals surface area (Å²) in [5.74, 6) is -0.504. The Labute approximate surface area is 188 Å². The molecular formula is C23H20N4O4S. The van der Waals surface area contributed by atoms with Gasteiger partial charge in [0.1, 0.15) is 0 Å². The van der Waals surface area contributed by atoms with E-state index in [2.05, 4.69) is 10.4 Å². The van der Waals surface area contributed by atoms with Crippen molar-refractivity contribution in [3.8, 4) is 11.4 Å². The molecule has 0 bridgehead atoms. The van der Waals surface area contributed by atoms with Crippen molar-refractivity contribution in [3.63, 3.8) is 0 Å². The Balaban J connectivity index is 1.39. The van der Waals surface area contributed by atoms with Gasteiger partial charge < -0.3 is 10.1 Å². The Morgan fingerprint density at radius 3 is 2.47 bits per heavy atom. The molecule has 1 saturated heterocycles. The number of imide groups is 1. The highest BCUT2D eigenvalue weighted by Crippen LogP contribution is 2.31. The smallest absolute Gasteiger partial charge is 0.293 e. The molecular weight excluding hydrogens is 428 g/mol. The lowest BCUT2D eigenvalue weighted by molar-refractivity contribution is -0.122. The number of thioether (sulfide) groups is 1. The van der Waals surface area contributed by atoms with Crippen molar-refractivity contribution in [1.82, 2.24) is 20.0 Å². The molecule has 1 N–H and O–H groups in total. The summed E-state index contributed by atoms with van der Waals surface area (Å²) in [4.78, 5) is 39.0. The molecule has 1 fully saturated rings. The largest absolute Gasteiger partial charge is 0.493 e. The van der Waals surface area contributed by atoms with Gasteiger partial charge in [0.2, 0.25) is 0 Å². The molecule has 0 saturated carbocycles. The summed E-state index contributed by atoms with van der Waals surface area (Å²) in [7, 11) is 1.46. The van der Waals surface area contributed by atoms with Crippen molar-refractivity contribution < 1.29 is 19.1 Å². The van der Waals surface area contributed by atoms with Crippen LogP contribution in [0.3, 0.4) is 0 Å². The van der Waals surface area contributed by atoms with Gasteiger partial charge in [0.25, 0.3) is 17.1 Å². The van der Waals surface area contributed by atoms with Crippen LogP contribution in [-0.4, -0.2) is 51.9 Å². The number of carbonyl (C=O) groups is 3. The average molecular weight is 449 g/mol. The molecule has 0 spiro atoms. The summed E-state index contributed by atoms with van der Waals surface area (Å²) in [6.07, 6.45) is 3.31. The van der Waals surface area contributed by atoms with Crippen LogP contribution >= 0.6 is 11.8 Å². The van der Waals surface area contributed by atoms with E-state index in [1.165, 1.54) is 7.11 Å². The zero-order valence-electron chi connectivity index (χ0n) is 17.2. The third-order valence-electron chi connectivity index (χ3n) is 4.73. The number of benzene rings is 2. The summed E-state index contributed by atoms with van der Waals surface area (Å²) in [6.45, 7) is 0.154. The highest BCUT2D eigenvalue weighted by molar-refractivity contribution is 8.18. The molecule has 1 aliphatic heterocycles. The van der Waals surface area contributed by atoms with Crippen LogP contribution in [0.1, 0.15) is 16.1 Å². The van der Waals surface area contributed by atoms with Crippen LogP contribution in [0.25, 0.3) is 11.8 Å². The molecule has 32 heavy (non-hydrogen) atoms. The maximum Gasteiger partial charge on any atom is 0.293 e. The predicted octanol–water partition coefficient (Wildman–Crippen LogP) is 3.35. The Hall–Kier alpha value is -3.85. The summed E-state index contributed by atoms with van der Waals surface area (Å²) < 4.78 is 6.83. The number of rotatable bonds is 7. The molecule has 4 rings (SSSR count). The van der Waals surface area contributed by atoms with Gasteiger partial charge in [-0.1, -0.05) is 48.5 Å². The predicted molar refractivity (Wildman–Crippen MR) is 122 cm³/mol. The molecule has 0 radical (unpaired) electrons. The van der Waals surface area contributed by atoms with Crippen molar-refractivity contribution >= 4 is 34.9 Å². The summed E-state index contributed by atoms with van der Waals surface area (Å²) in [6, 6.07) is 18.6. The molecule has 1 aliphatic rings. The first-order chi connectivity index (χ1) is 15.6. The monoisotopic (exact) mass is 448 g/mol. The van der Waals surface area contributed by atoms with Crippen LogP contribution < -0.4 is 10.1 Å². The normalized spacial score (nSPS) is 14.8. The van der Waals surface area contributed by atoms with Crippen LogP contribution in [0.4, 0.5) is 4.79 Å². The van der Waals surface area contributed by atoms with E-state index in [9.17, 15) is 14.4 Å². The van der Waals surface area contributed by atoms with Gasteiger partial charge in [-0.2, -0.15) is 5.10 Å². The van der Waals surface area contributed by atoms with Crippen molar-refractivity contribution in [2.45, 2.75) is 0 Å². The number of nitrogens with zero attached hydrogens (tertiary/aromatic N) is 3. The minimum Gasteiger partial charge on any atom is -0.493 e. The van der Waals surface area contributed by atoms with E-state index < -0.39 is 5.91 Å². The second kappa shape index (κ2) is 9.52. The second-order valence-electron chi connectivity index (χ2n) is 6.83. The quantitative estimate of drug-likeness (QED) is 0.557. The standard InChI is InChI=1S/C23H20N4O4S/c1-31-18-15-27(17-10-6-3-7-11-17)25-20(18)21(28)24-12-13-26-22(29)19(32-23(26)30)14-16-8-4-2-5-9-16/h2-11,14-15H,12-13H2,1H3,(H,24,28)/b19-14-. The molecule has 2 aromatic carbocycles. The van der Waals surface area contributed by atoms with Gasteiger partial charge in [-0.3, -0.25) is 19.3 Å². The molecule has 2 heterocycles. The van der Waals surface area contributed by atoms with Crippen molar-refractivity contribution in [3.05, 3.63) is 83.0 Å². The number of nitrogens with one attached hydrogen (secondary N) is 1. The van der Waals surface area contributed by atoms with Crippen molar-refractivity contribution in [1.29, 1.82) is 0 Å². The summed E-state index contributed by atoms with van der Waals surface area (Å²) in [5, 5.41) is 6.65. The van der Waals surface area contributed by atoms with Crippen molar-refractivity contribution in [2.75, 3.05) is 20.2 Å². The second-order valence-corrected chi connectivity index (χ2v) is 7.82. The fourth-order valence-electron chi connectivity index (χ4n) is 3.14. The number of hydrogen-bond donors (Lipinski definition) is 1. The molecule has 1 aromatic heterocycles. The minimum absolute atomic E-state index is 0.0598. The van der Waals surface area contributed by atoms with E-state index in [4.69, 9.17) is 4.74 Å². The molecule has 0 unspecified atom stereocenters. The summed E-state index contributed by atoms with van der Waals surface area (Å²) >= 11 is 0.889. The molecule has 0 aliphatic carbocycles. The molecule has 9 heteroatoms. The number of ether oxygens (including phenoxy) is 1. The van der Waals surface area contributed by atoms with E-state index in [0.717, 1.165) is 27.9 Å². The zero-order valence-corrected chi connectivity index (χ0v) is 18.0. The maximum absolute atomic E-state index is 12.6. The molecule has 162 valence electrons. The Morgan fingerprint density at radius 1 is 1.09 bits per heavy atom. The third kappa shape index (κ3) is 4.57. The van der Waals surface area contributed by atoms with Gasteiger partial charge in [-0.15, -0.1) is 0 Å². The highest BCUT2D eigenvalue weighted by Gasteiger charge is 2.34. The minimum atomic E-state index is -0.455. The Morgan fingerprint density at radius 2 is 1.78 bits per heavy atom. The van der Waals surface area contributed by atoms with Crippen LogP contribution in [0.5, 0.6) is 5.75 Å². The van der Waals surface area contributed by atoms with Gasteiger partial charge in [-0.05, 0) is 35.5 Å². The SMILES string of the molecule is COc1cn(-c2ccccc2)nc1C(=O)NCCN1C(=O)S/C(=C\c2ccccc2)C1=O. The first kappa shape index (κ1) is 21.4. The van der Waals surface area contributed by atoms with E-state index in [-0.39, 0.29) is 29.9 Å². The maximum atomic E-state index is 12.6. The van der Waals surface area contributed by atoms with Gasteiger partial charge >= 0.3 is 0 Å². The van der Waals surface area contributed by atoms with Crippen LogP contribution in [-0.2, 0) is 4.79 Å². The zero-order chi connectivity index (χ0) is 22.5. The molecule has 8 nitrogen and oxygen atoms in total. The lowest BCUT2D eigenvalue weighted by atomic mass is 10.2. The average Bonchev–Trinajstić information content (AvgIpc) is 3.37. The van der Waals surface area contributed by atoms with Crippen LogP contribution in [0.2, 0.25) is 0 Å². The number of hydrogen-bond acceptors (Lipinski definition) is 6. The Kier molecular flexibility index (Phi) is 6.37. The van der Waals surface area contributed by atoms with E-state index in [1.54, 1.807) is 17.0 Å². The molecule has 3 aromatic rings.